The van der Waals surface area contributed by atoms with Gasteiger partial charge in [-0.15, -0.1) is 0 Å². The summed E-state index contributed by atoms with van der Waals surface area (Å²) in [6.45, 7) is 20.0. The number of anilines is 1. The lowest BCUT2D eigenvalue weighted by molar-refractivity contribution is 0.590. The van der Waals surface area contributed by atoms with Crippen molar-refractivity contribution in [2.45, 2.75) is 78.6 Å². The van der Waals surface area contributed by atoms with Gasteiger partial charge in [0.15, 0.2) is 0 Å². The minimum absolute atomic E-state index is 0.0361. The van der Waals surface area contributed by atoms with Gasteiger partial charge in [0.25, 0.3) is 0 Å². The number of hydrogen-bond donors (Lipinski definition) is 1. The lowest BCUT2D eigenvalue weighted by Crippen LogP contribution is -2.12. The van der Waals surface area contributed by atoms with Gasteiger partial charge in [-0.3, -0.25) is 0 Å². The first-order valence-electron chi connectivity index (χ1n) is 14.0. The molecule has 0 aliphatic carbocycles. The number of halogens is 2. The van der Waals surface area contributed by atoms with Gasteiger partial charge < -0.3 is 10.1 Å². The summed E-state index contributed by atoms with van der Waals surface area (Å²) in [5.74, 6) is -0.261. The van der Waals surface area contributed by atoms with Gasteiger partial charge in [0.2, 0.25) is 0 Å². The standard InChI is InChI=1S/C36H38BrFN2/c1-34(2,3)19-10-11-30-23(12-19)26-14-20(35(4,5)6)15-27-24-17-29(38)22(18-31(24)40(30)33(26)27)25-13-21(36(7,8)9)16-28(37)32(25)39/h10-18H,39H2,1-9H3. The van der Waals surface area contributed by atoms with Crippen LogP contribution in [0.5, 0.6) is 0 Å². The summed E-state index contributed by atoms with van der Waals surface area (Å²) in [7, 11) is 0. The monoisotopic (exact) mass is 596 g/mol. The highest BCUT2D eigenvalue weighted by atomic mass is 79.9. The molecule has 4 aromatic carbocycles. The van der Waals surface area contributed by atoms with Crippen molar-refractivity contribution in [3.8, 4) is 11.1 Å². The van der Waals surface area contributed by atoms with Crippen molar-refractivity contribution in [1.29, 1.82) is 0 Å². The first-order valence-corrected chi connectivity index (χ1v) is 14.8. The molecule has 0 amide bonds. The summed E-state index contributed by atoms with van der Waals surface area (Å²) in [5, 5.41) is 4.48. The lowest BCUT2D eigenvalue weighted by Gasteiger charge is -2.22. The Balaban J connectivity index is 1.78. The fourth-order valence-corrected chi connectivity index (χ4v) is 6.41. The van der Waals surface area contributed by atoms with Crippen molar-refractivity contribution in [2.75, 3.05) is 5.73 Å². The Labute approximate surface area is 244 Å². The molecule has 2 aromatic heterocycles. The zero-order chi connectivity index (χ0) is 29.1. The average molecular weight is 598 g/mol. The molecule has 2 N–H and O–H groups in total. The van der Waals surface area contributed by atoms with Crippen LogP contribution in [0.15, 0.2) is 59.1 Å². The Kier molecular flexibility index (Phi) is 5.72. The molecular weight excluding hydrogens is 559 g/mol. The van der Waals surface area contributed by atoms with Gasteiger partial charge in [0.1, 0.15) is 5.82 Å². The van der Waals surface area contributed by atoms with Crippen LogP contribution in [0.3, 0.4) is 0 Å². The number of benzene rings is 4. The van der Waals surface area contributed by atoms with Crippen LogP contribution in [0.2, 0.25) is 0 Å². The molecule has 206 valence electrons. The molecule has 40 heavy (non-hydrogen) atoms. The van der Waals surface area contributed by atoms with Crippen LogP contribution < -0.4 is 5.73 Å². The van der Waals surface area contributed by atoms with Gasteiger partial charge in [0.05, 0.1) is 22.2 Å². The Morgan fingerprint density at radius 2 is 1.12 bits per heavy atom. The molecule has 0 saturated carbocycles. The highest BCUT2D eigenvalue weighted by molar-refractivity contribution is 9.10. The maximum absolute atomic E-state index is 16.1. The molecule has 2 heterocycles. The van der Waals surface area contributed by atoms with Crippen LogP contribution in [0.1, 0.15) is 79.0 Å². The summed E-state index contributed by atoms with van der Waals surface area (Å²) in [4.78, 5) is 0. The number of fused-ring (bicyclic) bond motifs is 6. The molecule has 2 nitrogen and oxygen atoms in total. The number of hydrogen-bond acceptors (Lipinski definition) is 1. The fraction of sp³-hybridized carbons (Fsp3) is 0.333. The van der Waals surface area contributed by atoms with Crippen molar-refractivity contribution in [2.24, 2.45) is 0 Å². The lowest BCUT2D eigenvalue weighted by atomic mass is 9.84. The van der Waals surface area contributed by atoms with E-state index < -0.39 is 0 Å². The highest BCUT2D eigenvalue weighted by Crippen LogP contribution is 2.45. The fourth-order valence-electron chi connectivity index (χ4n) is 5.95. The molecule has 0 spiro atoms. The third-order valence-corrected chi connectivity index (χ3v) is 9.15. The molecule has 0 atom stereocenters. The smallest absolute Gasteiger partial charge is 0.131 e. The van der Waals surface area contributed by atoms with Gasteiger partial charge in [0, 0.05) is 37.1 Å². The first kappa shape index (κ1) is 27.1. The molecule has 0 saturated heterocycles. The summed E-state index contributed by atoms with van der Waals surface area (Å²) in [6.07, 6.45) is 0. The Morgan fingerprint density at radius 3 is 1.70 bits per heavy atom. The Hall–Kier alpha value is -3.11. The first-order chi connectivity index (χ1) is 18.5. The molecule has 0 aliphatic rings. The Bertz CT molecular complexity index is 1970. The minimum Gasteiger partial charge on any atom is -0.397 e. The topological polar surface area (TPSA) is 30.4 Å². The van der Waals surface area contributed by atoms with E-state index in [1.165, 1.54) is 21.9 Å². The van der Waals surface area contributed by atoms with Crippen molar-refractivity contribution >= 4 is 59.7 Å². The Morgan fingerprint density at radius 1 is 0.600 bits per heavy atom. The van der Waals surface area contributed by atoms with E-state index in [9.17, 15) is 0 Å². The second-order valence-corrected chi connectivity index (χ2v) is 15.4. The predicted molar refractivity (Wildman–Crippen MR) is 175 cm³/mol. The van der Waals surface area contributed by atoms with Crippen LogP contribution in [0, 0.1) is 5.82 Å². The molecular formula is C36H38BrFN2. The van der Waals surface area contributed by atoms with E-state index in [-0.39, 0.29) is 22.1 Å². The molecule has 0 unspecified atom stereocenters. The normalized spacial score (nSPS) is 13.5. The number of nitrogens with two attached hydrogens (primary N) is 1. The van der Waals surface area contributed by atoms with E-state index in [2.05, 4.69) is 113 Å². The van der Waals surface area contributed by atoms with Crippen molar-refractivity contribution in [3.63, 3.8) is 0 Å². The summed E-state index contributed by atoms with van der Waals surface area (Å²) >= 11 is 3.64. The predicted octanol–water partition coefficient (Wildman–Crippen LogP) is 10.9. The quantitative estimate of drug-likeness (QED) is 0.188. The van der Waals surface area contributed by atoms with E-state index in [1.807, 2.05) is 18.2 Å². The number of nitrogen functional groups attached to an aromatic ring is 1. The highest BCUT2D eigenvalue weighted by Gasteiger charge is 2.26. The second kappa shape index (κ2) is 8.45. The summed E-state index contributed by atoms with van der Waals surface area (Å²) < 4.78 is 19.3. The van der Waals surface area contributed by atoms with Crippen LogP contribution in [-0.2, 0) is 16.2 Å². The molecule has 6 rings (SSSR count). The van der Waals surface area contributed by atoms with Crippen LogP contribution in [0.25, 0.3) is 49.2 Å². The maximum atomic E-state index is 16.1. The van der Waals surface area contributed by atoms with Crippen LogP contribution >= 0.6 is 15.9 Å². The second-order valence-electron chi connectivity index (χ2n) is 14.5. The van der Waals surface area contributed by atoms with E-state index in [4.69, 9.17) is 5.73 Å². The van der Waals surface area contributed by atoms with E-state index in [0.29, 0.717) is 16.8 Å². The zero-order valence-corrected chi connectivity index (χ0v) is 26.6. The van der Waals surface area contributed by atoms with Gasteiger partial charge >= 0.3 is 0 Å². The molecule has 4 heteroatoms. The third kappa shape index (κ3) is 4.02. The number of nitrogens with zero attached hydrogens (tertiary/aromatic N) is 1. The molecule has 0 aliphatic heterocycles. The van der Waals surface area contributed by atoms with Gasteiger partial charge in [-0.1, -0.05) is 68.4 Å². The van der Waals surface area contributed by atoms with Crippen LogP contribution in [-0.4, -0.2) is 4.40 Å². The zero-order valence-electron chi connectivity index (χ0n) is 25.0. The van der Waals surface area contributed by atoms with Gasteiger partial charge in [-0.25, -0.2) is 4.39 Å². The molecule has 6 aromatic rings. The number of aromatic nitrogens is 1. The molecule has 0 radical (unpaired) electrons. The van der Waals surface area contributed by atoms with Crippen molar-refractivity contribution in [3.05, 3.63) is 81.6 Å². The third-order valence-electron chi connectivity index (χ3n) is 8.50. The largest absolute Gasteiger partial charge is 0.397 e. The SMILES string of the molecule is CC(C)(C)c1cc(Br)c(N)c(-c2cc3c(cc2F)c2cc(C(C)(C)C)cc4c5cc(C(C)(C)C)ccc5n3c42)c1. The van der Waals surface area contributed by atoms with Crippen LogP contribution in [0.4, 0.5) is 10.1 Å². The van der Waals surface area contributed by atoms with Gasteiger partial charge in [-0.2, -0.15) is 0 Å². The van der Waals surface area contributed by atoms with Gasteiger partial charge in [-0.05, 0) is 97.4 Å². The molecule has 0 fully saturated rings. The maximum Gasteiger partial charge on any atom is 0.131 e. The van der Waals surface area contributed by atoms with Crippen molar-refractivity contribution in [1.82, 2.24) is 4.40 Å². The molecule has 0 bridgehead atoms. The number of rotatable bonds is 1. The van der Waals surface area contributed by atoms with E-state index >= 15 is 4.39 Å². The summed E-state index contributed by atoms with van der Waals surface area (Å²) in [5.41, 5.74) is 15.2. The average Bonchev–Trinajstić information content (AvgIpc) is 3.33. The minimum atomic E-state index is -0.261. The van der Waals surface area contributed by atoms with E-state index in [1.54, 1.807) is 6.07 Å². The van der Waals surface area contributed by atoms with E-state index in [0.717, 1.165) is 37.4 Å². The van der Waals surface area contributed by atoms with Crippen molar-refractivity contribution < 1.29 is 4.39 Å². The summed E-state index contributed by atoms with van der Waals surface area (Å²) in [6, 6.07) is 19.2.